The van der Waals surface area contributed by atoms with Crippen molar-refractivity contribution in [1.82, 2.24) is 5.32 Å². The van der Waals surface area contributed by atoms with Gasteiger partial charge in [-0.25, -0.2) is 0 Å². The third kappa shape index (κ3) is 5.93. The molecule has 1 unspecified atom stereocenters. The molecule has 0 radical (unpaired) electrons. The van der Waals surface area contributed by atoms with Crippen LogP contribution in [0.5, 0.6) is 0 Å². The summed E-state index contributed by atoms with van der Waals surface area (Å²) in [4.78, 5) is -0.0666. The van der Waals surface area contributed by atoms with Gasteiger partial charge in [-0.2, -0.15) is 8.42 Å². The zero-order valence-electron chi connectivity index (χ0n) is 14.5. The summed E-state index contributed by atoms with van der Waals surface area (Å²) >= 11 is 0. The average Bonchev–Trinajstić information content (AvgIpc) is 2.56. The molecule has 0 amide bonds. The van der Waals surface area contributed by atoms with Gasteiger partial charge in [0.2, 0.25) is 0 Å². The van der Waals surface area contributed by atoms with E-state index in [1.807, 2.05) is 6.92 Å². The maximum atomic E-state index is 10.5. The van der Waals surface area contributed by atoms with E-state index in [0.29, 0.717) is 0 Å². The number of aliphatic hydroxyl groups is 1. The van der Waals surface area contributed by atoms with Gasteiger partial charge in [0.1, 0.15) is 0 Å². The summed E-state index contributed by atoms with van der Waals surface area (Å²) in [6.07, 6.45) is 1.75. The Hall–Kier alpha value is -1.73. The summed E-state index contributed by atoms with van der Waals surface area (Å²) < 4.78 is 29.6. The second-order valence-electron chi connectivity index (χ2n) is 6.34. The molecule has 0 saturated carbocycles. The van der Waals surface area contributed by atoms with Gasteiger partial charge in [-0.1, -0.05) is 47.5 Å². The number of aryl methyl sites for hydroxylation is 2. The Morgan fingerprint density at radius 2 is 1.48 bits per heavy atom. The van der Waals surface area contributed by atoms with Crippen molar-refractivity contribution in [3.63, 3.8) is 0 Å². The Bertz CT molecular complexity index is 770. The van der Waals surface area contributed by atoms with Crippen LogP contribution in [-0.4, -0.2) is 30.7 Å². The molecule has 0 bridgehead atoms. The third-order valence-corrected chi connectivity index (χ3v) is 5.05. The van der Waals surface area contributed by atoms with Gasteiger partial charge in [-0.05, 0) is 50.9 Å². The molecule has 3 rings (SSSR count). The summed E-state index contributed by atoms with van der Waals surface area (Å²) in [5.74, 6) is 0. The summed E-state index contributed by atoms with van der Waals surface area (Å²) in [6.45, 7) is 4.93. The van der Waals surface area contributed by atoms with Crippen LogP contribution in [-0.2, 0) is 10.1 Å². The Balaban J connectivity index is 0.000000186. The van der Waals surface area contributed by atoms with Gasteiger partial charge >= 0.3 is 0 Å². The van der Waals surface area contributed by atoms with E-state index in [1.165, 1.54) is 23.3 Å². The molecule has 2 aromatic rings. The minimum Gasteiger partial charge on any atom is -0.391 e. The van der Waals surface area contributed by atoms with Crippen LogP contribution in [0, 0.1) is 13.8 Å². The number of aliphatic hydroxyl groups excluding tert-OH is 1. The molecule has 1 aliphatic rings. The van der Waals surface area contributed by atoms with Crippen LogP contribution in [0.4, 0.5) is 0 Å². The molecular formula is C19H25NO4S. The van der Waals surface area contributed by atoms with Crippen molar-refractivity contribution >= 4 is 10.1 Å². The van der Waals surface area contributed by atoms with Crippen LogP contribution in [0.15, 0.2) is 53.4 Å². The molecule has 2 atom stereocenters. The maximum absolute atomic E-state index is 10.5. The predicted molar refractivity (Wildman–Crippen MR) is 98.2 cm³/mol. The molecule has 136 valence electrons. The van der Waals surface area contributed by atoms with Crippen molar-refractivity contribution < 1.29 is 18.1 Å². The highest BCUT2D eigenvalue weighted by atomic mass is 32.2. The molecule has 0 spiro atoms. The Labute approximate surface area is 149 Å². The Morgan fingerprint density at radius 3 is 1.96 bits per heavy atom. The molecule has 2 aromatic carbocycles. The van der Waals surface area contributed by atoms with Crippen molar-refractivity contribution in [1.29, 1.82) is 0 Å². The van der Waals surface area contributed by atoms with Crippen molar-refractivity contribution in [3.8, 4) is 0 Å². The van der Waals surface area contributed by atoms with E-state index >= 15 is 0 Å². The smallest absolute Gasteiger partial charge is 0.294 e. The lowest BCUT2D eigenvalue weighted by Gasteiger charge is -2.29. The number of benzene rings is 2. The standard InChI is InChI=1S/C12H17NO.C7H8O3S/c1-9-4-6-10(7-5-9)12-11(14)3-2-8-13-12;1-6-2-4-7(5-3-6)11(8,9)10/h4-7,11-14H,2-3,8H2,1H3;2-5H,1H3,(H,8,9,10)/t11-,12?;/m0./s1. The predicted octanol–water partition coefficient (Wildman–Crippen LogP) is 3.02. The zero-order chi connectivity index (χ0) is 18.4. The van der Waals surface area contributed by atoms with E-state index in [4.69, 9.17) is 4.55 Å². The van der Waals surface area contributed by atoms with Crippen molar-refractivity contribution in [2.24, 2.45) is 0 Å². The van der Waals surface area contributed by atoms with Gasteiger partial charge in [0.15, 0.2) is 0 Å². The van der Waals surface area contributed by atoms with Gasteiger partial charge in [-0.3, -0.25) is 4.55 Å². The molecule has 1 fully saturated rings. The number of hydrogen-bond acceptors (Lipinski definition) is 4. The van der Waals surface area contributed by atoms with Crippen LogP contribution < -0.4 is 5.32 Å². The monoisotopic (exact) mass is 363 g/mol. The van der Waals surface area contributed by atoms with Crippen LogP contribution in [0.25, 0.3) is 0 Å². The van der Waals surface area contributed by atoms with Crippen LogP contribution in [0.2, 0.25) is 0 Å². The highest BCUT2D eigenvalue weighted by Gasteiger charge is 2.23. The topological polar surface area (TPSA) is 86.6 Å². The van der Waals surface area contributed by atoms with Gasteiger partial charge in [-0.15, -0.1) is 0 Å². The fourth-order valence-electron chi connectivity index (χ4n) is 2.70. The lowest BCUT2D eigenvalue weighted by molar-refractivity contribution is 0.0965. The molecule has 6 heteroatoms. The molecular weight excluding hydrogens is 338 g/mol. The quantitative estimate of drug-likeness (QED) is 0.714. The SMILES string of the molecule is Cc1ccc(C2NCCC[C@@H]2O)cc1.Cc1ccc(S(=O)(=O)O)cc1. The van der Waals surface area contributed by atoms with Crippen LogP contribution >= 0.6 is 0 Å². The normalized spacial score (nSPS) is 20.5. The highest BCUT2D eigenvalue weighted by Crippen LogP contribution is 2.23. The van der Waals surface area contributed by atoms with E-state index in [1.54, 1.807) is 12.1 Å². The first-order valence-corrected chi connectivity index (χ1v) is 9.73. The van der Waals surface area contributed by atoms with Gasteiger partial charge in [0, 0.05) is 0 Å². The Kier molecular flexibility index (Phi) is 6.72. The second kappa shape index (κ2) is 8.58. The fourth-order valence-corrected chi connectivity index (χ4v) is 3.18. The van der Waals surface area contributed by atoms with Gasteiger partial charge < -0.3 is 10.4 Å². The molecule has 25 heavy (non-hydrogen) atoms. The van der Waals surface area contributed by atoms with Crippen LogP contribution in [0.1, 0.15) is 35.6 Å². The van der Waals surface area contributed by atoms with E-state index in [9.17, 15) is 13.5 Å². The minimum atomic E-state index is -4.02. The average molecular weight is 363 g/mol. The van der Waals surface area contributed by atoms with E-state index in [2.05, 4.69) is 36.5 Å². The van der Waals surface area contributed by atoms with Crippen LogP contribution in [0.3, 0.4) is 0 Å². The highest BCUT2D eigenvalue weighted by molar-refractivity contribution is 7.85. The molecule has 5 nitrogen and oxygen atoms in total. The first-order valence-electron chi connectivity index (χ1n) is 8.29. The van der Waals surface area contributed by atoms with Crippen molar-refractivity contribution in [2.45, 2.75) is 43.7 Å². The lowest BCUT2D eigenvalue weighted by Crippen LogP contribution is -2.37. The summed E-state index contributed by atoms with van der Waals surface area (Å²) in [6, 6.07) is 14.5. The number of hydrogen-bond donors (Lipinski definition) is 3. The number of nitrogens with one attached hydrogen (secondary N) is 1. The summed E-state index contributed by atoms with van der Waals surface area (Å²) in [5.41, 5.74) is 3.42. The van der Waals surface area contributed by atoms with E-state index < -0.39 is 10.1 Å². The zero-order valence-corrected chi connectivity index (χ0v) is 15.3. The molecule has 1 aliphatic heterocycles. The largest absolute Gasteiger partial charge is 0.391 e. The molecule has 0 aliphatic carbocycles. The molecule has 1 saturated heterocycles. The van der Waals surface area contributed by atoms with E-state index in [0.717, 1.165) is 24.9 Å². The van der Waals surface area contributed by atoms with Crippen molar-refractivity contribution in [2.75, 3.05) is 6.54 Å². The minimum absolute atomic E-state index is 0.0666. The summed E-state index contributed by atoms with van der Waals surface area (Å²) in [7, 11) is -4.02. The molecule has 1 heterocycles. The first kappa shape index (κ1) is 19.6. The third-order valence-electron chi connectivity index (χ3n) is 4.18. The fraction of sp³-hybridized carbons (Fsp3) is 0.368. The summed E-state index contributed by atoms with van der Waals surface area (Å²) in [5, 5.41) is 13.2. The molecule has 0 aromatic heterocycles. The first-order chi connectivity index (χ1) is 11.8. The van der Waals surface area contributed by atoms with Gasteiger partial charge in [0.05, 0.1) is 17.0 Å². The number of piperidine rings is 1. The Morgan fingerprint density at radius 1 is 0.960 bits per heavy atom. The maximum Gasteiger partial charge on any atom is 0.294 e. The van der Waals surface area contributed by atoms with E-state index in [-0.39, 0.29) is 17.0 Å². The lowest BCUT2D eigenvalue weighted by atomic mass is 9.94. The molecule has 3 N–H and O–H groups in total. The second-order valence-corrected chi connectivity index (χ2v) is 7.76. The number of rotatable bonds is 2. The van der Waals surface area contributed by atoms with Gasteiger partial charge in [0.25, 0.3) is 10.1 Å². The van der Waals surface area contributed by atoms with Crippen molar-refractivity contribution in [3.05, 3.63) is 65.2 Å².